The molecular formula is C16H23N3O3. The second kappa shape index (κ2) is 6.79. The minimum atomic E-state index is -0.414. The van der Waals surface area contributed by atoms with Crippen molar-refractivity contribution in [1.82, 2.24) is 10.3 Å². The normalized spacial score (nSPS) is 13.1. The molecule has 0 unspecified atom stereocenters. The monoisotopic (exact) mass is 305 g/mol. The fraction of sp³-hybridized carbons (Fsp3) is 0.500. The number of nitrogens with one attached hydrogen (secondary N) is 1. The van der Waals surface area contributed by atoms with Gasteiger partial charge in [-0.1, -0.05) is 12.1 Å². The number of aromatic nitrogens is 1. The number of benzene rings is 1. The van der Waals surface area contributed by atoms with E-state index < -0.39 is 6.09 Å². The Hall–Kier alpha value is -2.08. The van der Waals surface area contributed by atoms with Crippen LogP contribution in [0.4, 0.5) is 4.79 Å². The van der Waals surface area contributed by atoms with Gasteiger partial charge in [-0.05, 0) is 45.7 Å². The van der Waals surface area contributed by atoms with Gasteiger partial charge in [-0.25, -0.2) is 9.78 Å². The lowest BCUT2D eigenvalue weighted by Crippen LogP contribution is -2.41. The Morgan fingerprint density at radius 2 is 2.14 bits per heavy atom. The quantitative estimate of drug-likeness (QED) is 0.828. The number of carbonyl (C=O) groups is 1. The van der Waals surface area contributed by atoms with E-state index in [0.29, 0.717) is 25.3 Å². The maximum Gasteiger partial charge on any atom is 0.407 e. The van der Waals surface area contributed by atoms with Crippen molar-refractivity contribution in [2.45, 2.75) is 45.2 Å². The van der Waals surface area contributed by atoms with E-state index in [9.17, 15) is 4.79 Å². The number of fused-ring (bicyclic) bond motifs is 1. The Morgan fingerprint density at radius 1 is 1.41 bits per heavy atom. The van der Waals surface area contributed by atoms with Gasteiger partial charge >= 0.3 is 6.09 Å². The first-order valence-electron chi connectivity index (χ1n) is 7.41. The van der Waals surface area contributed by atoms with Gasteiger partial charge < -0.3 is 20.2 Å². The second-order valence-corrected chi connectivity index (χ2v) is 6.28. The van der Waals surface area contributed by atoms with Gasteiger partial charge in [0.25, 0.3) is 0 Å². The van der Waals surface area contributed by atoms with Crippen LogP contribution >= 0.6 is 0 Å². The molecule has 120 valence electrons. The summed E-state index contributed by atoms with van der Waals surface area (Å²) in [5.41, 5.74) is 7.30. The van der Waals surface area contributed by atoms with E-state index in [4.69, 9.17) is 14.9 Å². The van der Waals surface area contributed by atoms with E-state index in [1.54, 1.807) is 0 Å². The Bertz CT molecular complexity index is 598. The van der Waals surface area contributed by atoms with Gasteiger partial charge in [-0.3, -0.25) is 0 Å². The Kier molecular flexibility index (Phi) is 5.03. The second-order valence-electron chi connectivity index (χ2n) is 6.28. The number of nitrogens with two attached hydrogens (primary N) is 1. The zero-order valence-electron chi connectivity index (χ0n) is 13.3. The van der Waals surface area contributed by atoms with Crippen molar-refractivity contribution in [2.75, 3.05) is 6.61 Å². The molecule has 0 aliphatic rings. The largest absolute Gasteiger partial charge is 0.450 e. The maximum absolute atomic E-state index is 11.5. The molecule has 0 bridgehead atoms. The van der Waals surface area contributed by atoms with Gasteiger partial charge in [0.1, 0.15) is 5.52 Å². The summed E-state index contributed by atoms with van der Waals surface area (Å²) in [5.74, 6) is 0.514. The highest BCUT2D eigenvalue weighted by Gasteiger charge is 2.16. The molecule has 0 aliphatic heterocycles. The predicted molar refractivity (Wildman–Crippen MR) is 84.4 cm³/mol. The Balaban J connectivity index is 1.76. The fourth-order valence-electron chi connectivity index (χ4n) is 1.98. The van der Waals surface area contributed by atoms with Crippen molar-refractivity contribution in [3.05, 3.63) is 30.2 Å². The van der Waals surface area contributed by atoms with Gasteiger partial charge in [0, 0.05) is 5.54 Å². The Labute approximate surface area is 130 Å². The molecule has 2 aromatic rings. The molecule has 0 saturated heterocycles. The van der Waals surface area contributed by atoms with Crippen LogP contribution in [0, 0.1) is 0 Å². The van der Waals surface area contributed by atoms with E-state index in [2.05, 4.69) is 10.3 Å². The highest BCUT2D eigenvalue weighted by molar-refractivity contribution is 5.72. The molecule has 3 N–H and O–H groups in total. The van der Waals surface area contributed by atoms with Gasteiger partial charge in [-0.2, -0.15) is 0 Å². The number of carbonyl (C=O) groups excluding carboxylic acids is 1. The molecule has 1 aromatic heterocycles. The summed E-state index contributed by atoms with van der Waals surface area (Å²) in [6.07, 6.45) is 0.871. The topological polar surface area (TPSA) is 90.4 Å². The first kappa shape index (κ1) is 16.3. The summed E-state index contributed by atoms with van der Waals surface area (Å²) in [5, 5.41) is 2.73. The number of nitrogens with zero attached hydrogens (tertiary/aromatic N) is 1. The zero-order valence-corrected chi connectivity index (χ0v) is 13.3. The number of amides is 1. The van der Waals surface area contributed by atoms with Gasteiger partial charge in [0.05, 0.1) is 12.6 Å². The SMILES string of the molecule is CC(C)(C)NC(=O)OCCC[C@H](N)c1nc2ccccc2o1. The maximum atomic E-state index is 11.5. The molecule has 0 spiro atoms. The number of hydrogen-bond acceptors (Lipinski definition) is 5. The highest BCUT2D eigenvalue weighted by Crippen LogP contribution is 2.21. The molecule has 22 heavy (non-hydrogen) atoms. The number of alkyl carbamates (subject to hydrolysis) is 1. The molecule has 1 atom stereocenters. The third kappa shape index (κ3) is 4.73. The summed E-state index contributed by atoms with van der Waals surface area (Å²) in [6, 6.07) is 7.24. The molecule has 1 heterocycles. The number of rotatable bonds is 5. The van der Waals surface area contributed by atoms with E-state index in [1.165, 1.54) is 0 Å². The van der Waals surface area contributed by atoms with Crippen molar-refractivity contribution in [3.8, 4) is 0 Å². The minimum Gasteiger partial charge on any atom is -0.450 e. The third-order valence-corrected chi connectivity index (χ3v) is 3.00. The van der Waals surface area contributed by atoms with Crippen molar-refractivity contribution in [2.24, 2.45) is 5.73 Å². The molecule has 0 saturated carbocycles. The van der Waals surface area contributed by atoms with E-state index >= 15 is 0 Å². The molecule has 1 amide bonds. The van der Waals surface area contributed by atoms with Crippen molar-refractivity contribution < 1.29 is 13.9 Å². The van der Waals surface area contributed by atoms with Gasteiger partial charge in [-0.15, -0.1) is 0 Å². The third-order valence-electron chi connectivity index (χ3n) is 3.00. The lowest BCUT2D eigenvalue weighted by molar-refractivity contribution is 0.134. The van der Waals surface area contributed by atoms with Crippen LogP contribution < -0.4 is 11.1 Å². The number of para-hydroxylation sites is 2. The molecule has 6 nitrogen and oxygen atoms in total. The lowest BCUT2D eigenvalue weighted by atomic mass is 10.1. The van der Waals surface area contributed by atoms with Crippen LogP contribution in [0.3, 0.4) is 0 Å². The first-order chi connectivity index (χ1) is 10.3. The van der Waals surface area contributed by atoms with Crippen molar-refractivity contribution in [3.63, 3.8) is 0 Å². The van der Waals surface area contributed by atoms with Crippen LogP contribution in [-0.4, -0.2) is 23.2 Å². The van der Waals surface area contributed by atoms with E-state index in [1.807, 2.05) is 45.0 Å². The molecule has 0 aliphatic carbocycles. The summed E-state index contributed by atoms with van der Waals surface area (Å²) in [6.45, 7) is 6.02. The predicted octanol–water partition coefficient (Wildman–Crippen LogP) is 3.13. The van der Waals surface area contributed by atoms with Crippen LogP contribution in [0.15, 0.2) is 28.7 Å². The summed E-state index contributed by atoms with van der Waals surface area (Å²) in [4.78, 5) is 15.9. The summed E-state index contributed by atoms with van der Waals surface area (Å²) >= 11 is 0. The Morgan fingerprint density at radius 3 is 2.82 bits per heavy atom. The number of oxazole rings is 1. The first-order valence-corrected chi connectivity index (χ1v) is 7.41. The van der Waals surface area contributed by atoms with E-state index in [0.717, 1.165) is 11.1 Å². The average Bonchev–Trinajstić information content (AvgIpc) is 2.85. The zero-order chi connectivity index (χ0) is 16.2. The van der Waals surface area contributed by atoms with Crippen LogP contribution in [0.2, 0.25) is 0 Å². The highest BCUT2D eigenvalue weighted by atomic mass is 16.5. The number of ether oxygens (including phenoxy) is 1. The van der Waals surface area contributed by atoms with Gasteiger partial charge in [0.2, 0.25) is 5.89 Å². The van der Waals surface area contributed by atoms with Crippen LogP contribution in [0.1, 0.15) is 45.5 Å². The standard InChI is InChI=1S/C16H23N3O3/c1-16(2,3)19-15(20)21-10-6-7-11(17)14-18-12-8-4-5-9-13(12)22-14/h4-5,8-9,11H,6-7,10,17H2,1-3H3,(H,19,20)/t11-/m0/s1. The molecular weight excluding hydrogens is 282 g/mol. The smallest absolute Gasteiger partial charge is 0.407 e. The van der Waals surface area contributed by atoms with Crippen LogP contribution in [0.5, 0.6) is 0 Å². The fourth-order valence-corrected chi connectivity index (χ4v) is 1.98. The molecule has 0 radical (unpaired) electrons. The summed E-state index contributed by atoms with van der Waals surface area (Å²) in [7, 11) is 0. The van der Waals surface area contributed by atoms with Crippen molar-refractivity contribution in [1.29, 1.82) is 0 Å². The molecule has 6 heteroatoms. The van der Waals surface area contributed by atoms with E-state index in [-0.39, 0.29) is 11.6 Å². The van der Waals surface area contributed by atoms with Gasteiger partial charge in [0.15, 0.2) is 5.58 Å². The van der Waals surface area contributed by atoms with Crippen molar-refractivity contribution >= 4 is 17.2 Å². The summed E-state index contributed by atoms with van der Waals surface area (Å²) < 4.78 is 10.7. The molecule has 2 rings (SSSR count). The average molecular weight is 305 g/mol. The molecule has 1 aromatic carbocycles. The minimum absolute atomic E-state index is 0.300. The van der Waals surface area contributed by atoms with Crippen LogP contribution in [-0.2, 0) is 4.74 Å². The van der Waals surface area contributed by atoms with Crippen LogP contribution in [0.25, 0.3) is 11.1 Å². The number of hydrogen-bond donors (Lipinski definition) is 2. The molecule has 0 fully saturated rings. The lowest BCUT2D eigenvalue weighted by Gasteiger charge is -2.20.